The highest BCUT2D eigenvalue weighted by molar-refractivity contribution is 5.85. The summed E-state index contributed by atoms with van der Waals surface area (Å²) in [6.07, 6.45) is 1.31. The Kier molecular flexibility index (Phi) is 1.99. The molecule has 1 nitrogen and oxygen atoms in total. The van der Waals surface area contributed by atoms with Gasteiger partial charge in [0.2, 0.25) is 0 Å². The Hall–Kier alpha value is -1.11. The van der Waals surface area contributed by atoms with Crippen molar-refractivity contribution in [3.8, 4) is 0 Å². The second kappa shape index (κ2) is 2.94. The molecule has 1 heteroatoms. The molecular weight excluding hydrogens is 172 g/mol. The fraction of sp³-hybridized carbons (Fsp3) is 0.462. The Balaban J connectivity index is 2.57. The van der Waals surface area contributed by atoms with Crippen LogP contribution in [0.1, 0.15) is 37.0 Å². The van der Waals surface area contributed by atoms with Crippen LogP contribution in [0.2, 0.25) is 0 Å². The lowest BCUT2D eigenvalue weighted by atomic mass is 9.72. The van der Waals surface area contributed by atoms with Crippen LogP contribution in [-0.2, 0) is 16.6 Å². The second-order valence-electron chi connectivity index (χ2n) is 4.94. The van der Waals surface area contributed by atoms with Crippen molar-refractivity contribution in [3.63, 3.8) is 0 Å². The Morgan fingerprint density at radius 2 is 2.00 bits per heavy atom. The number of Topliss-reactive ketones (excluding diaryl/α,β-unsaturated/α-hetero) is 1. The largest absolute Gasteiger partial charge is 0.299 e. The topological polar surface area (TPSA) is 17.1 Å². The van der Waals surface area contributed by atoms with Gasteiger partial charge >= 0.3 is 0 Å². The Bertz CT molecular complexity index is 388. The monoisotopic (exact) mass is 188 g/mol. The van der Waals surface area contributed by atoms with Gasteiger partial charge in [-0.15, -0.1) is 0 Å². The van der Waals surface area contributed by atoms with Crippen molar-refractivity contribution in [2.75, 3.05) is 0 Å². The number of fused-ring (bicyclic) bond motifs is 1. The summed E-state index contributed by atoms with van der Waals surface area (Å²) in [6.45, 7) is 6.38. The van der Waals surface area contributed by atoms with Gasteiger partial charge in [-0.3, -0.25) is 4.79 Å². The summed E-state index contributed by atoms with van der Waals surface area (Å²) in [5.74, 6) is 0.369. The SMILES string of the molecule is Cc1ccc2c(c1)CC(=O)CC2(C)C. The fourth-order valence-electron chi connectivity index (χ4n) is 2.39. The molecule has 1 aliphatic carbocycles. The Morgan fingerprint density at radius 3 is 2.71 bits per heavy atom. The first-order chi connectivity index (χ1) is 6.49. The molecule has 0 aliphatic heterocycles. The van der Waals surface area contributed by atoms with Gasteiger partial charge in [-0.1, -0.05) is 37.6 Å². The Morgan fingerprint density at radius 1 is 1.29 bits per heavy atom. The molecule has 0 aromatic heterocycles. The molecule has 0 saturated heterocycles. The van der Waals surface area contributed by atoms with Gasteiger partial charge in [0, 0.05) is 12.8 Å². The fourth-order valence-corrected chi connectivity index (χ4v) is 2.39. The van der Waals surface area contributed by atoms with Gasteiger partial charge in [0.1, 0.15) is 5.78 Å². The van der Waals surface area contributed by atoms with E-state index in [1.165, 1.54) is 16.7 Å². The van der Waals surface area contributed by atoms with Gasteiger partial charge in [-0.05, 0) is 23.5 Å². The minimum absolute atomic E-state index is 0.0262. The summed E-state index contributed by atoms with van der Waals surface area (Å²) in [5, 5.41) is 0. The van der Waals surface area contributed by atoms with E-state index in [0.29, 0.717) is 18.6 Å². The highest BCUT2D eigenvalue weighted by Gasteiger charge is 2.31. The van der Waals surface area contributed by atoms with E-state index in [9.17, 15) is 4.79 Å². The van der Waals surface area contributed by atoms with Crippen molar-refractivity contribution >= 4 is 5.78 Å². The van der Waals surface area contributed by atoms with Gasteiger partial charge in [-0.2, -0.15) is 0 Å². The van der Waals surface area contributed by atoms with Crippen LogP contribution in [0.15, 0.2) is 18.2 Å². The van der Waals surface area contributed by atoms with Crippen molar-refractivity contribution in [1.29, 1.82) is 0 Å². The first-order valence-corrected chi connectivity index (χ1v) is 5.11. The molecule has 1 aliphatic rings. The van der Waals surface area contributed by atoms with E-state index in [0.717, 1.165) is 0 Å². The molecule has 1 aromatic carbocycles. The molecule has 0 atom stereocenters. The molecule has 1 aromatic rings. The molecular formula is C13H16O. The summed E-state index contributed by atoms with van der Waals surface area (Å²) >= 11 is 0. The quantitative estimate of drug-likeness (QED) is 0.612. The van der Waals surface area contributed by atoms with Crippen LogP contribution in [0.25, 0.3) is 0 Å². The van der Waals surface area contributed by atoms with Crippen molar-refractivity contribution in [3.05, 3.63) is 34.9 Å². The van der Waals surface area contributed by atoms with Crippen LogP contribution < -0.4 is 0 Å². The standard InChI is InChI=1S/C13H16O/c1-9-4-5-12-10(6-9)7-11(14)8-13(12,2)3/h4-6H,7-8H2,1-3H3. The van der Waals surface area contributed by atoms with Crippen LogP contribution in [0.5, 0.6) is 0 Å². The minimum atomic E-state index is 0.0262. The van der Waals surface area contributed by atoms with Crippen molar-refractivity contribution < 1.29 is 4.79 Å². The normalized spacial score (nSPS) is 19.2. The number of carbonyl (C=O) groups excluding carboxylic acids is 1. The molecule has 0 spiro atoms. The number of carbonyl (C=O) groups is 1. The molecule has 0 N–H and O–H groups in total. The zero-order valence-corrected chi connectivity index (χ0v) is 9.05. The number of hydrogen-bond donors (Lipinski definition) is 0. The second-order valence-corrected chi connectivity index (χ2v) is 4.94. The van der Waals surface area contributed by atoms with Crippen LogP contribution in [-0.4, -0.2) is 5.78 Å². The number of rotatable bonds is 0. The van der Waals surface area contributed by atoms with E-state index in [1.54, 1.807) is 0 Å². The maximum atomic E-state index is 11.6. The predicted molar refractivity (Wildman–Crippen MR) is 57.5 cm³/mol. The maximum Gasteiger partial charge on any atom is 0.138 e. The van der Waals surface area contributed by atoms with Crippen LogP contribution >= 0.6 is 0 Å². The highest BCUT2D eigenvalue weighted by Crippen LogP contribution is 2.35. The average molecular weight is 188 g/mol. The third-order valence-corrected chi connectivity index (χ3v) is 3.02. The third-order valence-electron chi connectivity index (χ3n) is 3.02. The summed E-state index contributed by atoms with van der Waals surface area (Å²) in [4.78, 5) is 11.6. The van der Waals surface area contributed by atoms with E-state index < -0.39 is 0 Å². The molecule has 74 valence electrons. The van der Waals surface area contributed by atoms with Crippen LogP contribution in [0.3, 0.4) is 0 Å². The number of benzene rings is 1. The smallest absolute Gasteiger partial charge is 0.138 e. The molecule has 14 heavy (non-hydrogen) atoms. The molecule has 0 amide bonds. The molecule has 0 heterocycles. The van der Waals surface area contributed by atoms with Gasteiger partial charge in [0.05, 0.1) is 0 Å². The average Bonchev–Trinajstić information content (AvgIpc) is 2.00. The first kappa shape index (κ1) is 9.45. The Labute approximate surface area is 85.1 Å². The van der Waals surface area contributed by atoms with E-state index in [-0.39, 0.29) is 5.41 Å². The van der Waals surface area contributed by atoms with E-state index in [4.69, 9.17) is 0 Å². The lowest BCUT2D eigenvalue weighted by molar-refractivity contribution is -0.120. The number of ketones is 1. The van der Waals surface area contributed by atoms with E-state index in [1.807, 2.05) is 0 Å². The molecule has 2 rings (SSSR count). The highest BCUT2D eigenvalue weighted by atomic mass is 16.1. The summed E-state index contributed by atoms with van der Waals surface area (Å²) in [6, 6.07) is 6.46. The lowest BCUT2D eigenvalue weighted by Crippen LogP contribution is -2.29. The summed E-state index contributed by atoms with van der Waals surface area (Å²) in [5.41, 5.74) is 3.85. The lowest BCUT2D eigenvalue weighted by Gasteiger charge is -2.31. The zero-order valence-electron chi connectivity index (χ0n) is 9.05. The molecule has 0 bridgehead atoms. The predicted octanol–water partition coefficient (Wildman–Crippen LogP) is 2.79. The van der Waals surface area contributed by atoms with Gasteiger partial charge < -0.3 is 0 Å². The number of aryl methyl sites for hydroxylation is 1. The first-order valence-electron chi connectivity index (χ1n) is 5.11. The van der Waals surface area contributed by atoms with Gasteiger partial charge in [-0.25, -0.2) is 0 Å². The van der Waals surface area contributed by atoms with Crippen LogP contribution in [0.4, 0.5) is 0 Å². The zero-order chi connectivity index (χ0) is 10.3. The summed E-state index contributed by atoms with van der Waals surface area (Å²) in [7, 11) is 0. The number of hydrogen-bond acceptors (Lipinski definition) is 1. The van der Waals surface area contributed by atoms with Crippen molar-refractivity contribution in [2.24, 2.45) is 0 Å². The molecule has 0 fully saturated rings. The van der Waals surface area contributed by atoms with Crippen molar-refractivity contribution in [2.45, 2.75) is 39.0 Å². The minimum Gasteiger partial charge on any atom is -0.299 e. The van der Waals surface area contributed by atoms with Crippen molar-refractivity contribution in [1.82, 2.24) is 0 Å². The third kappa shape index (κ3) is 1.47. The molecule has 0 radical (unpaired) electrons. The maximum absolute atomic E-state index is 11.6. The van der Waals surface area contributed by atoms with Gasteiger partial charge in [0.25, 0.3) is 0 Å². The molecule has 0 saturated carbocycles. The van der Waals surface area contributed by atoms with E-state index in [2.05, 4.69) is 39.0 Å². The van der Waals surface area contributed by atoms with E-state index >= 15 is 0 Å². The van der Waals surface area contributed by atoms with Gasteiger partial charge in [0.15, 0.2) is 0 Å². The molecule has 0 unspecified atom stereocenters. The van der Waals surface area contributed by atoms with Crippen LogP contribution in [0, 0.1) is 6.92 Å². The summed E-state index contributed by atoms with van der Waals surface area (Å²) < 4.78 is 0.